The van der Waals surface area contributed by atoms with Crippen LogP contribution in [0.5, 0.6) is 0 Å². The monoisotopic (exact) mass is 347 g/mol. The number of guanidine groups is 1. The number of pyridine rings is 1. The number of fused-ring (bicyclic) bond motifs is 1. The van der Waals surface area contributed by atoms with E-state index in [1.165, 1.54) is 6.92 Å². The average molecular weight is 347 g/mol. The first-order chi connectivity index (χ1) is 12.6. The molecule has 0 saturated heterocycles. The maximum Gasteiger partial charge on any atom is 0.221 e. The maximum absolute atomic E-state index is 11.3. The van der Waals surface area contributed by atoms with Crippen molar-refractivity contribution in [3.63, 3.8) is 0 Å². The molecule has 1 aromatic heterocycles. The topological polar surface area (TPSA) is 107 Å². The van der Waals surface area contributed by atoms with E-state index >= 15 is 0 Å². The van der Waals surface area contributed by atoms with Crippen molar-refractivity contribution in [2.24, 2.45) is 0 Å². The van der Waals surface area contributed by atoms with Gasteiger partial charge in [0.05, 0.1) is 16.9 Å². The van der Waals surface area contributed by atoms with Gasteiger partial charge in [0, 0.05) is 23.6 Å². The summed E-state index contributed by atoms with van der Waals surface area (Å²) in [6, 6.07) is 16.8. The van der Waals surface area contributed by atoms with Gasteiger partial charge in [0.25, 0.3) is 0 Å². The summed E-state index contributed by atoms with van der Waals surface area (Å²) in [4.78, 5) is 26.5. The predicted molar refractivity (Wildman–Crippen MR) is 102 cm³/mol. The number of rotatable bonds is 4. The number of hydrogen-bond acceptors (Lipinski definition) is 4. The lowest BCUT2D eigenvalue weighted by molar-refractivity contribution is -0.114. The molecule has 26 heavy (non-hydrogen) atoms. The lowest BCUT2D eigenvalue weighted by Gasteiger charge is -2.13. The number of hydrogen-bond donors (Lipinski definition) is 4. The van der Waals surface area contributed by atoms with E-state index in [1.807, 2.05) is 36.4 Å². The average Bonchev–Trinajstić information content (AvgIpc) is 2.61. The van der Waals surface area contributed by atoms with E-state index in [4.69, 9.17) is 5.41 Å². The number of benzene rings is 2. The second kappa shape index (κ2) is 7.43. The molecule has 0 aliphatic heterocycles. The van der Waals surface area contributed by atoms with Crippen LogP contribution in [0, 0.1) is 5.41 Å². The van der Waals surface area contributed by atoms with E-state index in [-0.39, 0.29) is 11.9 Å². The Morgan fingerprint density at radius 3 is 2.54 bits per heavy atom. The van der Waals surface area contributed by atoms with Crippen LogP contribution in [0.25, 0.3) is 22.2 Å². The van der Waals surface area contributed by atoms with Gasteiger partial charge in [0.1, 0.15) is 0 Å². The van der Waals surface area contributed by atoms with Crippen LogP contribution in [0.3, 0.4) is 0 Å². The first kappa shape index (κ1) is 17.1. The van der Waals surface area contributed by atoms with E-state index in [1.54, 1.807) is 18.2 Å². The van der Waals surface area contributed by atoms with Gasteiger partial charge >= 0.3 is 0 Å². The molecule has 0 aliphatic carbocycles. The molecule has 3 rings (SSSR count). The highest BCUT2D eigenvalue weighted by Crippen LogP contribution is 2.30. The summed E-state index contributed by atoms with van der Waals surface area (Å²) in [7, 11) is 0. The highest BCUT2D eigenvalue weighted by atomic mass is 16.1. The fourth-order valence-corrected chi connectivity index (χ4v) is 2.60. The normalized spacial score (nSPS) is 10.2. The van der Waals surface area contributed by atoms with Gasteiger partial charge in [-0.2, -0.15) is 0 Å². The molecule has 0 spiro atoms. The van der Waals surface area contributed by atoms with Crippen molar-refractivity contribution in [2.75, 3.05) is 10.6 Å². The summed E-state index contributed by atoms with van der Waals surface area (Å²) in [6.07, 6.45) is 0.436. The Hall–Kier alpha value is -3.74. The Balaban J connectivity index is 2.14. The number of carbonyl (C=O) groups is 2. The molecule has 0 bridgehead atoms. The van der Waals surface area contributed by atoms with Crippen molar-refractivity contribution in [1.29, 1.82) is 5.41 Å². The number of nitrogens with zero attached hydrogens (tertiary/aromatic N) is 1. The van der Waals surface area contributed by atoms with Crippen molar-refractivity contribution < 1.29 is 9.59 Å². The predicted octanol–water partition coefficient (Wildman–Crippen LogP) is 2.95. The minimum atomic E-state index is -0.168. The molecule has 0 unspecified atom stereocenters. The van der Waals surface area contributed by atoms with Gasteiger partial charge in [-0.1, -0.05) is 30.3 Å². The molecule has 2 amide bonds. The molecule has 4 N–H and O–H groups in total. The third-order valence-electron chi connectivity index (χ3n) is 3.66. The first-order valence-electron chi connectivity index (χ1n) is 7.90. The van der Waals surface area contributed by atoms with Gasteiger partial charge in [-0.05, 0) is 24.3 Å². The van der Waals surface area contributed by atoms with Gasteiger partial charge in [-0.15, -0.1) is 0 Å². The molecule has 7 nitrogen and oxygen atoms in total. The SMILES string of the molecule is CC(=O)Nc1ccc2c(NC(=N)NC=O)cc(-c3ccccc3)nc2c1. The second-order valence-electron chi connectivity index (χ2n) is 5.60. The zero-order valence-electron chi connectivity index (χ0n) is 14.0. The molecular weight excluding hydrogens is 330 g/mol. The largest absolute Gasteiger partial charge is 0.326 e. The highest BCUT2D eigenvalue weighted by molar-refractivity contribution is 6.05. The first-order valence-corrected chi connectivity index (χ1v) is 7.90. The van der Waals surface area contributed by atoms with Gasteiger partial charge in [-0.25, -0.2) is 4.98 Å². The Morgan fingerprint density at radius 2 is 1.85 bits per heavy atom. The lowest BCUT2D eigenvalue weighted by Crippen LogP contribution is -2.28. The summed E-state index contributed by atoms with van der Waals surface area (Å²) in [5.74, 6) is -0.309. The summed E-state index contributed by atoms with van der Waals surface area (Å²) in [6.45, 7) is 1.44. The van der Waals surface area contributed by atoms with Crippen LogP contribution >= 0.6 is 0 Å². The van der Waals surface area contributed by atoms with Crippen molar-refractivity contribution in [2.45, 2.75) is 6.92 Å². The maximum atomic E-state index is 11.3. The van der Waals surface area contributed by atoms with Crippen molar-refractivity contribution >= 4 is 40.6 Å². The molecular formula is C19H17N5O2. The summed E-state index contributed by atoms with van der Waals surface area (Å²) >= 11 is 0. The second-order valence-corrected chi connectivity index (χ2v) is 5.60. The van der Waals surface area contributed by atoms with Crippen LogP contribution < -0.4 is 16.0 Å². The third-order valence-corrected chi connectivity index (χ3v) is 3.66. The Bertz CT molecular complexity index is 986. The van der Waals surface area contributed by atoms with E-state index in [0.29, 0.717) is 29.0 Å². The smallest absolute Gasteiger partial charge is 0.221 e. The lowest BCUT2D eigenvalue weighted by atomic mass is 10.1. The van der Waals surface area contributed by atoms with Crippen LogP contribution in [-0.2, 0) is 9.59 Å². The number of carbonyl (C=O) groups excluding carboxylic acids is 2. The summed E-state index contributed by atoms with van der Waals surface area (Å²) in [5, 5.41) is 16.4. The highest BCUT2D eigenvalue weighted by Gasteiger charge is 2.10. The van der Waals surface area contributed by atoms with E-state index in [9.17, 15) is 9.59 Å². The Labute approximate surface area is 150 Å². The van der Waals surface area contributed by atoms with E-state index in [0.717, 1.165) is 10.9 Å². The molecule has 3 aromatic rings. The standard InChI is InChI=1S/C19H17N5O2/c1-12(26)22-14-7-8-15-17(9-14)23-16(13-5-3-2-4-6-13)10-18(15)24-19(20)21-11-25/h2-11H,1H3,(H,22,26)(H3,20,21,23,24,25). The zero-order chi connectivity index (χ0) is 18.5. The summed E-state index contributed by atoms with van der Waals surface area (Å²) in [5.41, 5.74) is 3.54. The molecule has 7 heteroatoms. The Kier molecular flexibility index (Phi) is 4.89. The van der Waals surface area contributed by atoms with Crippen molar-refractivity contribution in [1.82, 2.24) is 10.3 Å². The van der Waals surface area contributed by atoms with Crippen molar-refractivity contribution in [3.05, 3.63) is 54.6 Å². The molecule has 0 atom stereocenters. The van der Waals surface area contributed by atoms with Gasteiger partial charge in [0.15, 0.2) is 5.96 Å². The van der Waals surface area contributed by atoms with E-state index in [2.05, 4.69) is 20.9 Å². The van der Waals surface area contributed by atoms with Gasteiger partial charge in [0.2, 0.25) is 12.3 Å². The molecule has 0 aliphatic rings. The number of nitrogens with one attached hydrogen (secondary N) is 4. The van der Waals surface area contributed by atoms with E-state index < -0.39 is 0 Å². The number of amides is 2. The van der Waals surface area contributed by atoms with Crippen molar-refractivity contribution in [3.8, 4) is 11.3 Å². The van der Waals surface area contributed by atoms with Crippen LogP contribution in [0.15, 0.2) is 54.6 Å². The van der Waals surface area contributed by atoms with Gasteiger partial charge in [-0.3, -0.25) is 20.3 Å². The number of aromatic nitrogens is 1. The molecule has 0 fully saturated rings. The van der Waals surface area contributed by atoms with Crippen LogP contribution in [0.4, 0.5) is 11.4 Å². The minimum absolute atomic E-state index is 0.141. The van der Waals surface area contributed by atoms with Crippen LogP contribution in [0.2, 0.25) is 0 Å². The molecule has 2 aromatic carbocycles. The summed E-state index contributed by atoms with van der Waals surface area (Å²) < 4.78 is 0. The molecule has 130 valence electrons. The zero-order valence-corrected chi connectivity index (χ0v) is 14.0. The Morgan fingerprint density at radius 1 is 1.08 bits per heavy atom. The van der Waals surface area contributed by atoms with Crippen LogP contribution in [0.1, 0.15) is 6.92 Å². The fraction of sp³-hybridized carbons (Fsp3) is 0.0526. The quantitative estimate of drug-likeness (QED) is 0.331. The van der Waals surface area contributed by atoms with Crippen LogP contribution in [-0.4, -0.2) is 23.3 Å². The van der Waals surface area contributed by atoms with Gasteiger partial charge < -0.3 is 10.6 Å². The fourth-order valence-electron chi connectivity index (χ4n) is 2.60. The number of anilines is 2. The third kappa shape index (κ3) is 3.84. The minimum Gasteiger partial charge on any atom is -0.326 e. The molecule has 0 saturated carbocycles. The molecule has 1 heterocycles. The molecule has 0 radical (unpaired) electrons.